The monoisotopic (exact) mass is 250 g/mol. The first kappa shape index (κ1) is 12.2. The summed E-state index contributed by atoms with van der Waals surface area (Å²) >= 11 is 0. The molecule has 0 aromatic carbocycles. The number of ether oxygens (including phenoxy) is 2. The number of esters is 1. The molecule has 0 bridgehead atoms. The Bertz CT molecular complexity index is 412. The first-order valence-corrected chi connectivity index (χ1v) is 6.91. The lowest BCUT2D eigenvalue weighted by molar-refractivity contribution is -0.146. The third kappa shape index (κ3) is 1.63. The summed E-state index contributed by atoms with van der Waals surface area (Å²) in [6.07, 6.45) is 4.23. The summed E-state index contributed by atoms with van der Waals surface area (Å²) in [4.78, 5) is 12.0. The van der Waals surface area contributed by atoms with Crippen LogP contribution in [0.1, 0.15) is 46.5 Å². The number of fused-ring (bicyclic) bond motifs is 2. The van der Waals surface area contributed by atoms with Gasteiger partial charge in [-0.3, -0.25) is 4.79 Å². The number of rotatable bonds is 0. The lowest BCUT2D eigenvalue weighted by Crippen LogP contribution is -2.30. The van der Waals surface area contributed by atoms with Crippen molar-refractivity contribution in [2.24, 2.45) is 11.3 Å². The highest BCUT2D eigenvalue weighted by Crippen LogP contribution is 2.51. The highest BCUT2D eigenvalue weighted by molar-refractivity contribution is 5.79. The van der Waals surface area contributed by atoms with E-state index in [1.807, 2.05) is 13.8 Å². The van der Waals surface area contributed by atoms with Crippen molar-refractivity contribution in [2.45, 2.75) is 64.3 Å². The highest BCUT2D eigenvalue weighted by atomic mass is 16.6. The van der Waals surface area contributed by atoms with Crippen molar-refractivity contribution in [1.29, 1.82) is 0 Å². The number of hydrogen-bond acceptors (Lipinski definition) is 3. The quantitative estimate of drug-likeness (QED) is 0.377. The predicted molar refractivity (Wildman–Crippen MR) is 68.0 cm³/mol. The Labute approximate surface area is 109 Å². The van der Waals surface area contributed by atoms with Gasteiger partial charge in [0, 0.05) is 5.92 Å². The predicted octanol–water partition coefficient (Wildman–Crippen LogP) is 2.84. The Morgan fingerprint density at radius 2 is 2.00 bits per heavy atom. The van der Waals surface area contributed by atoms with Gasteiger partial charge in [-0.1, -0.05) is 6.58 Å². The second-order valence-electron chi connectivity index (χ2n) is 6.81. The van der Waals surface area contributed by atoms with Crippen LogP contribution >= 0.6 is 0 Å². The van der Waals surface area contributed by atoms with E-state index in [0.717, 1.165) is 31.3 Å². The highest BCUT2D eigenvalue weighted by Gasteiger charge is 2.57. The second kappa shape index (κ2) is 3.60. The molecule has 1 aliphatic carbocycles. The van der Waals surface area contributed by atoms with Crippen LogP contribution in [0.15, 0.2) is 12.2 Å². The average molecular weight is 250 g/mol. The van der Waals surface area contributed by atoms with Crippen molar-refractivity contribution in [3.05, 3.63) is 12.2 Å². The number of hydrogen-bond donors (Lipinski definition) is 0. The molecule has 0 unspecified atom stereocenters. The second-order valence-corrected chi connectivity index (χ2v) is 6.81. The molecule has 0 N–H and O–H groups in total. The lowest BCUT2D eigenvalue weighted by Gasteiger charge is -2.26. The van der Waals surface area contributed by atoms with Crippen molar-refractivity contribution in [3.63, 3.8) is 0 Å². The van der Waals surface area contributed by atoms with E-state index < -0.39 is 5.41 Å². The fraction of sp³-hybridized carbons (Fsp3) is 0.800. The Kier molecular flexibility index (Phi) is 2.44. The molecule has 3 aliphatic rings. The summed E-state index contributed by atoms with van der Waals surface area (Å²) < 4.78 is 11.4. The van der Waals surface area contributed by atoms with Gasteiger partial charge in [0.1, 0.15) is 6.10 Å². The van der Waals surface area contributed by atoms with E-state index in [9.17, 15) is 4.79 Å². The summed E-state index contributed by atoms with van der Waals surface area (Å²) in [5.41, 5.74) is 0.717. The molecule has 4 atom stereocenters. The molecule has 2 aliphatic heterocycles. The van der Waals surface area contributed by atoms with Gasteiger partial charge in [-0.15, -0.1) is 0 Å². The van der Waals surface area contributed by atoms with Crippen LogP contribution in [0.4, 0.5) is 0 Å². The van der Waals surface area contributed by atoms with Crippen LogP contribution < -0.4 is 0 Å². The number of carbonyl (C=O) groups excluding carboxylic acids is 1. The van der Waals surface area contributed by atoms with Gasteiger partial charge < -0.3 is 9.47 Å². The van der Waals surface area contributed by atoms with E-state index in [1.165, 1.54) is 0 Å². The van der Waals surface area contributed by atoms with Crippen LogP contribution in [-0.2, 0) is 14.3 Å². The van der Waals surface area contributed by atoms with E-state index in [-0.39, 0.29) is 23.6 Å². The van der Waals surface area contributed by atoms with E-state index in [0.29, 0.717) is 6.10 Å². The molecule has 1 saturated carbocycles. The molecule has 0 aromatic heterocycles. The zero-order chi connectivity index (χ0) is 13.1. The Morgan fingerprint density at radius 3 is 2.72 bits per heavy atom. The molecule has 0 spiro atoms. The summed E-state index contributed by atoms with van der Waals surface area (Å²) in [5.74, 6) is 0.176. The number of carbonyl (C=O) groups is 1. The van der Waals surface area contributed by atoms with Gasteiger partial charge in [-0.2, -0.15) is 0 Å². The molecule has 3 heteroatoms. The first-order chi connectivity index (χ1) is 8.34. The Balaban J connectivity index is 1.87. The van der Waals surface area contributed by atoms with Gasteiger partial charge >= 0.3 is 5.97 Å². The summed E-state index contributed by atoms with van der Waals surface area (Å²) in [6.45, 7) is 10.3. The molecule has 2 saturated heterocycles. The minimum atomic E-state index is -0.390. The van der Waals surface area contributed by atoms with E-state index in [1.54, 1.807) is 0 Å². The van der Waals surface area contributed by atoms with Crippen LogP contribution in [0.5, 0.6) is 0 Å². The molecule has 18 heavy (non-hydrogen) atoms. The smallest absolute Gasteiger partial charge is 0.312 e. The zero-order valence-electron chi connectivity index (χ0n) is 11.5. The minimum Gasteiger partial charge on any atom is -0.457 e. The maximum atomic E-state index is 12.0. The average Bonchev–Trinajstić information content (AvgIpc) is 2.86. The van der Waals surface area contributed by atoms with Crippen LogP contribution in [0.3, 0.4) is 0 Å². The fourth-order valence-electron chi connectivity index (χ4n) is 3.54. The van der Waals surface area contributed by atoms with Gasteiger partial charge in [0.2, 0.25) is 0 Å². The van der Waals surface area contributed by atoms with Crippen LogP contribution in [0, 0.1) is 11.3 Å². The first-order valence-electron chi connectivity index (χ1n) is 6.91. The van der Waals surface area contributed by atoms with Crippen LogP contribution in [-0.4, -0.2) is 23.8 Å². The molecule has 3 fully saturated rings. The molecule has 3 rings (SSSR count). The molecule has 0 radical (unpaired) electrons. The molecular weight excluding hydrogens is 228 g/mol. The largest absolute Gasteiger partial charge is 0.457 e. The minimum absolute atomic E-state index is 0.0386. The van der Waals surface area contributed by atoms with Crippen LogP contribution in [0.2, 0.25) is 0 Å². The van der Waals surface area contributed by atoms with Crippen molar-refractivity contribution >= 4 is 5.97 Å². The zero-order valence-corrected chi connectivity index (χ0v) is 11.5. The maximum Gasteiger partial charge on any atom is 0.312 e. The van der Waals surface area contributed by atoms with E-state index in [4.69, 9.17) is 9.47 Å². The van der Waals surface area contributed by atoms with Crippen molar-refractivity contribution in [2.75, 3.05) is 0 Å². The molecule has 2 heterocycles. The van der Waals surface area contributed by atoms with Gasteiger partial charge in [-0.05, 0) is 52.0 Å². The number of epoxide rings is 1. The third-order valence-corrected chi connectivity index (χ3v) is 5.17. The van der Waals surface area contributed by atoms with Gasteiger partial charge in [0.25, 0.3) is 0 Å². The SMILES string of the molecule is C=C1CC[C@@H]2O[C@@]2(C)CC[C@@H]2[C@@H]1OC(=O)C2(C)C. The van der Waals surface area contributed by atoms with Crippen LogP contribution in [0.25, 0.3) is 0 Å². The van der Waals surface area contributed by atoms with Gasteiger partial charge in [-0.25, -0.2) is 0 Å². The molecule has 0 amide bonds. The van der Waals surface area contributed by atoms with E-state index in [2.05, 4.69) is 13.5 Å². The maximum absolute atomic E-state index is 12.0. The molecular formula is C15H22O3. The lowest BCUT2D eigenvalue weighted by atomic mass is 9.73. The fourth-order valence-corrected chi connectivity index (χ4v) is 3.54. The standard InChI is InChI=1S/C15H22O3/c1-9-5-6-11-15(4,18-11)8-7-10-12(9)17-13(16)14(10,2)3/h10-12H,1,5-8H2,2-4H3/t10-,11+,12-,15+/m1/s1. The topological polar surface area (TPSA) is 38.8 Å². The molecule has 3 nitrogen and oxygen atoms in total. The van der Waals surface area contributed by atoms with Crippen molar-refractivity contribution in [1.82, 2.24) is 0 Å². The third-order valence-electron chi connectivity index (χ3n) is 5.17. The van der Waals surface area contributed by atoms with Gasteiger partial charge in [0.05, 0.1) is 17.1 Å². The molecule has 100 valence electrons. The summed E-state index contributed by atoms with van der Waals surface area (Å²) in [7, 11) is 0. The normalized spacial score (nSPS) is 46.3. The Morgan fingerprint density at radius 1 is 1.28 bits per heavy atom. The molecule has 0 aromatic rings. The Hall–Kier alpha value is -0.830. The van der Waals surface area contributed by atoms with Crippen molar-refractivity contribution in [3.8, 4) is 0 Å². The van der Waals surface area contributed by atoms with E-state index >= 15 is 0 Å². The van der Waals surface area contributed by atoms with Gasteiger partial charge in [0.15, 0.2) is 0 Å². The van der Waals surface area contributed by atoms with Crippen molar-refractivity contribution < 1.29 is 14.3 Å². The summed E-state index contributed by atoms with van der Waals surface area (Å²) in [5, 5.41) is 0. The summed E-state index contributed by atoms with van der Waals surface area (Å²) in [6, 6.07) is 0.